The zero-order valence-corrected chi connectivity index (χ0v) is 6.65. The van der Waals surface area contributed by atoms with Gasteiger partial charge in [0.2, 0.25) is 0 Å². The highest BCUT2D eigenvalue weighted by atomic mass is 19.3. The third-order valence-electron chi connectivity index (χ3n) is 1.46. The topological polar surface area (TPSA) is 79.8 Å². The number of hydrogen-bond acceptors (Lipinski definition) is 4. The van der Waals surface area contributed by atoms with Crippen LogP contribution in [-0.2, 0) is 0 Å². The van der Waals surface area contributed by atoms with E-state index in [2.05, 4.69) is 4.98 Å². The second-order valence-electron chi connectivity index (χ2n) is 2.26. The van der Waals surface area contributed by atoms with Gasteiger partial charge in [-0.25, -0.2) is 13.8 Å². The standard InChI is InChI=1S/C7H3F2N3O2/c8-7(9)5-6(12(13)14)4(3-10)1-2-11-5/h1-2,7H. The van der Waals surface area contributed by atoms with Gasteiger partial charge in [0, 0.05) is 6.20 Å². The molecule has 0 bridgehead atoms. The van der Waals surface area contributed by atoms with Crippen LogP contribution in [0.1, 0.15) is 17.7 Å². The van der Waals surface area contributed by atoms with E-state index in [0.29, 0.717) is 0 Å². The number of rotatable bonds is 2. The Morgan fingerprint density at radius 1 is 1.64 bits per heavy atom. The smallest absolute Gasteiger partial charge is 0.258 e. The molecule has 1 aromatic rings. The van der Waals surface area contributed by atoms with Crippen LogP contribution in [0.15, 0.2) is 12.3 Å². The Hall–Kier alpha value is -2.10. The maximum Gasteiger partial charge on any atom is 0.314 e. The minimum Gasteiger partial charge on any atom is -0.258 e. The van der Waals surface area contributed by atoms with Crippen molar-refractivity contribution < 1.29 is 13.7 Å². The van der Waals surface area contributed by atoms with Gasteiger partial charge in [0.15, 0.2) is 5.69 Å². The highest BCUT2D eigenvalue weighted by molar-refractivity contribution is 5.51. The van der Waals surface area contributed by atoms with E-state index < -0.39 is 28.3 Å². The highest BCUT2D eigenvalue weighted by Crippen LogP contribution is 2.28. The molecule has 0 N–H and O–H groups in total. The maximum atomic E-state index is 12.2. The van der Waals surface area contributed by atoms with E-state index in [9.17, 15) is 18.9 Å². The van der Waals surface area contributed by atoms with E-state index in [1.807, 2.05) is 0 Å². The van der Waals surface area contributed by atoms with Crippen LogP contribution in [0.3, 0.4) is 0 Å². The summed E-state index contributed by atoms with van der Waals surface area (Å²) >= 11 is 0. The molecule has 72 valence electrons. The Bertz CT molecular complexity index is 414. The number of nitrogens with zero attached hydrogens (tertiary/aromatic N) is 3. The minimum atomic E-state index is -3.07. The molecule has 0 saturated heterocycles. The molecule has 1 rings (SSSR count). The second-order valence-corrected chi connectivity index (χ2v) is 2.26. The van der Waals surface area contributed by atoms with Crippen molar-refractivity contribution in [2.75, 3.05) is 0 Å². The van der Waals surface area contributed by atoms with Gasteiger partial charge in [-0.3, -0.25) is 10.1 Å². The lowest BCUT2D eigenvalue weighted by atomic mass is 10.2. The summed E-state index contributed by atoms with van der Waals surface area (Å²) in [7, 11) is 0. The van der Waals surface area contributed by atoms with Crippen molar-refractivity contribution in [2.45, 2.75) is 6.43 Å². The number of pyridine rings is 1. The first-order valence-corrected chi connectivity index (χ1v) is 3.39. The number of alkyl halides is 2. The van der Waals surface area contributed by atoms with Gasteiger partial charge in [0.1, 0.15) is 11.6 Å². The fraction of sp³-hybridized carbons (Fsp3) is 0.143. The lowest BCUT2D eigenvalue weighted by Gasteiger charge is -2.00. The third kappa shape index (κ3) is 1.64. The molecule has 0 fully saturated rings. The molecule has 0 radical (unpaired) electrons. The number of nitro groups is 1. The van der Waals surface area contributed by atoms with Crippen molar-refractivity contribution in [2.24, 2.45) is 0 Å². The fourth-order valence-electron chi connectivity index (χ4n) is 0.912. The summed E-state index contributed by atoms with van der Waals surface area (Å²) in [4.78, 5) is 12.5. The molecule has 0 aliphatic carbocycles. The summed E-state index contributed by atoms with van der Waals surface area (Å²) in [6.07, 6.45) is -2.13. The Kier molecular flexibility index (Phi) is 2.67. The van der Waals surface area contributed by atoms with Crippen molar-refractivity contribution in [3.63, 3.8) is 0 Å². The molecular formula is C7H3F2N3O2. The van der Waals surface area contributed by atoms with Gasteiger partial charge in [0.05, 0.1) is 4.92 Å². The van der Waals surface area contributed by atoms with Gasteiger partial charge in [-0.15, -0.1) is 0 Å². The zero-order valence-electron chi connectivity index (χ0n) is 6.65. The van der Waals surface area contributed by atoms with Crippen LogP contribution >= 0.6 is 0 Å². The van der Waals surface area contributed by atoms with Gasteiger partial charge < -0.3 is 0 Å². The molecule has 7 heteroatoms. The summed E-state index contributed by atoms with van der Waals surface area (Å²) in [5.74, 6) is 0. The SMILES string of the molecule is N#Cc1ccnc(C(F)F)c1[N+](=O)[O-]. The molecule has 0 spiro atoms. The average Bonchev–Trinajstić information content (AvgIpc) is 2.16. The second kappa shape index (κ2) is 3.74. The van der Waals surface area contributed by atoms with Crippen molar-refractivity contribution >= 4 is 5.69 Å². The van der Waals surface area contributed by atoms with Crippen LogP contribution in [0.5, 0.6) is 0 Å². The molecule has 1 aromatic heterocycles. The van der Waals surface area contributed by atoms with Gasteiger partial charge in [-0.05, 0) is 6.07 Å². The molecule has 14 heavy (non-hydrogen) atoms. The van der Waals surface area contributed by atoms with Gasteiger partial charge in [0.25, 0.3) is 6.43 Å². The molecule has 0 aliphatic rings. The first-order valence-electron chi connectivity index (χ1n) is 3.39. The predicted molar refractivity (Wildman–Crippen MR) is 40.6 cm³/mol. The van der Waals surface area contributed by atoms with Crippen molar-refractivity contribution in [1.82, 2.24) is 4.98 Å². The van der Waals surface area contributed by atoms with E-state index >= 15 is 0 Å². The zero-order chi connectivity index (χ0) is 10.7. The minimum absolute atomic E-state index is 0.416. The Morgan fingerprint density at radius 2 is 2.29 bits per heavy atom. The van der Waals surface area contributed by atoms with E-state index in [4.69, 9.17) is 5.26 Å². The first-order chi connectivity index (χ1) is 6.57. The van der Waals surface area contributed by atoms with Crippen LogP contribution < -0.4 is 0 Å². The van der Waals surface area contributed by atoms with Crippen molar-refractivity contribution in [3.8, 4) is 6.07 Å². The van der Waals surface area contributed by atoms with Crippen molar-refractivity contribution in [3.05, 3.63) is 33.6 Å². The summed E-state index contributed by atoms with van der Waals surface area (Å²) in [6.45, 7) is 0. The van der Waals surface area contributed by atoms with Gasteiger partial charge >= 0.3 is 5.69 Å². The van der Waals surface area contributed by atoms with Crippen LogP contribution in [0.25, 0.3) is 0 Å². The number of aromatic nitrogens is 1. The first kappa shape index (κ1) is 9.98. The molecule has 0 saturated carbocycles. The normalized spacial score (nSPS) is 9.86. The monoisotopic (exact) mass is 199 g/mol. The van der Waals surface area contributed by atoms with E-state index in [1.54, 1.807) is 0 Å². The molecule has 0 unspecified atom stereocenters. The van der Waals surface area contributed by atoms with Crippen LogP contribution in [0.4, 0.5) is 14.5 Å². The van der Waals surface area contributed by atoms with Gasteiger partial charge in [-0.2, -0.15) is 5.26 Å². The highest BCUT2D eigenvalue weighted by Gasteiger charge is 2.26. The Morgan fingerprint density at radius 3 is 2.71 bits per heavy atom. The summed E-state index contributed by atoms with van der Waals surface area (Å²) < 4.78 is 24.5. The molecular weight excluding hydrogens is 196 g/mol. The van der Waals surface area contributed by atoms with Crippen molar-refractivity contribution in [1.29, 1.82) is 5.26 Å². The largest absolute Gasteiger partial charge is 0.314 e. The summed E-state index contributed by atoms with van der Waals surface area (Å²) in [5.41, 5.74) is -2.32. The molecule has 0 atom stereocenters. The molecule has 1 heterocycles. The van der Waals surface area contributed by atoms with Crippen LogP contribution in [0, 0.1) is 21.4 Å². The van der Waals surface area contributed by atoms with Gasteiger partial charge in [-0.1, -0.05) is 0 Å². The number of nitriles is 1. The van der Waals surface area contributed by atoms with Crippen LogP contribution in [0.2, 0.25) is 0 Å². The Labute approximate surface area is 76.8 Å². The number of halogens is 2. The number of hydrogen-bond donors (Lipinski definition) is 0. The predicted octanol–water partition coefficient (Wildman–Crippen LogP) is 1.80. The van der Waals surface area contributed by atoms with E-state index in [1.165, 1.54) is 6.07 Å². The van der Waals surface area contributed by atoms with Crippen LogP contribution in [-0.4, -0.2) is 9.91 Å². The molecule has 0 aliphatic heterocycles. The lowest BCUT2D eigenvalue weighted by Crippen LogP contribution is -2.01. The summed E-state index contributed by atoms with van der Waals surface area (Å²) in [5, 5.41) is 18.8. The molecule has 0 aromatic carbocycles. The summed E-state index contributed by atoms with van der Waals surface area (Å²) in [6, 6.07) is 2.48. The average molecular weight is 199 g/mol. The molecule has 0 amide bonds. The fourth-order valence-corrected chi connectivity index (χ4v) is 0.912. The Balaban J connectivity index is 3.45. The maximum absolute atomic E-state index is 12.2. The lowest BCUT2D eigenvalue weighted by molar-refractivity contribution is -0.386. The van der Waals surface area contributed by atoms with E-state index in [-0.39, 0.29) is 0 Å². The molecule has 5 nitrogen and oxygen atoms in total. The quantitative estimate of drug-likeness (QED) is 0.537. The van der Waals surface area contributed by atoms with E-state index in [0.717, 1.165) is 12.3 Å². The third-order valence-corrected chi connectivity index (χ3v) is 1.46.